The van der Waals surface area contributed by atoms with Crippen molar-refractivity contribution in [2.24, 2.45) is 0 Å². The Morgan fingerprint density at radius 2 is 1.85 bits per heavy atom. The molecule has 0 amide bonds. The first-order valence-electron chi connectivity index (χ1n) is 6.71. The minimum atomic E-state index is 0.467. The van der Waals surface area contributed by atoms with Gasteiger partial charge in [0.05, 0.1) is 5.69 Å². The van der Waals surface area contributed by atoms with Gasteiger partial charge in [0.2, 0.25) is 0 Å². The lowest BCUT2D eigenvalue weighted by Gasteiger charge is -2.09. The van der Waals surface area contributed by atoms with E-state index in [1.165, 1.54) is 11.1 Å². The van der Waals surface area contributed by atoms with Crippen molar-refractivity contribution >= 4 is 11.3 Å². The van der Waals surface area contributed by atoms with Crippen LogP contribution in [-0.2, 0) is 0 Å². The SMILES string of the molecule is CC(C)c1ccncc1-c1csc(-c2ccccc2)n1. The van der Waals surface area contributed by atoms with Crippen molar-refractivity contribution in [2.45, 2.75) is 19.8 Å². The summed E-state index contributed by atoms with van der Waals surface area (Å²) in [5.41, 5.74) is 4.62. The lowest BCUT2D eigenvalue weighted by molar-refractivity contribution is 0.864. The fraction of sp³-hybridized carbons (Fsp3) is 0.176. The van der Waals surface area contributed by atoms with Crippen LogP contribution in [-0.4, -0.2) is 9.97 Å². The van der Waals surface area contributed by atoms with Crippen molar-refractivity contribution in [1.82, 2.24) is 9.97 Å². The van der Waals surface area contributed by atoms with Gasteiger partial charge in [0.25, 0.3) is 0 Å². The van der Waals surface area contributed by atoms with Crippen LogP contribution < -0.4 is 0 Å². The zero-order valence-electron chi connectivity index (χ0n) is 11.6. The van der Waals surface area contributed by atoms with Crippen LogP contribution in [0.4, 0.5) is 0 Å². The average Bonchev–Trinajstić information content (AvgIpc) is 2.98. The highest BCUT2D eigenvalue weighted by atomic mass is 32.1. The van der Waals surface area contributed by atoms with Gasteiger partial charge in [-0.25, -0.2) is 4.98 Å². The van der Waals surface area contributed by atoms with E-state index in [0.29, 0.717) is 5.92 Å². The van der Waals surface area contributed by atoms with Crippen LogP contribution in [0, 0.1) is 0 Å². The van der Waals surface area contributed by atoms with Crippen molar-refractivity contribution < 1.29 is 0 Å². The summed E-state index contributed by atoms with van der Waals surface area (Å²) in [4.78, 5) is 9.02. The number of benzene rings is 1. The molecule has 20 heavy (non-hydrogen) atoms. The highest BCUT2D eigenvalue weighted by Crippen LogP contribution is 2.32. The molecule has 100 valence electrons. The number of pyridine rings is 1. The summed E-state index contributed by atoms with van der Waals surface area (Å²) in [6.07, 6.45) is 3.77. The molecule has 0 aliphatic rings. The topological polar surface area (TPSA) is 25.8 Å². The molecule has 1 aromatic carbocycles. The first-order chi connectivity index (χ1) is 9.75. The summed E-state index contributed by atoms with van der Waals surface area (Å²) in [5, 5.41) is 3.17. The van der Waals surface area contributed by atoms with Crippen LogP contribution >= 0.6 is 11.3 Å². The Balaban J connectivity index is 2.03. The molecule has 0 saturated carbocycles. The molecule has 0 aliphatic heterocycles. The van der Waals surface area contributed by atoms with Crippen molar-refractivity contribution in [1.29, 1.82) is 0 Å². The minimum Gasteiger partial charge on any atom is -0.264 e. The van der Waals surface area contributed by atoms with E-state index < -0.39 is 0 Å². The first kappa shape index (κ1) is 13.0. The maximum absolute atomic E-state index is 4.77. The molecular formula is C17H16N2S. The molecule has 0 N–H and O–H groups in total. The van der Waals surface area contributed by atoms with Crippen molar-refractivity contribution in [3.8, 4) is 21.8 Å². The van der Waals surface area contributed by atoms with Crippen LogP contribution in [0.1, 0.15) is 25.3 Å². The molecule has 0 bridgehead atoms. The number of aromatic nitrogens is 2. The molecule has 3 heteroatoms. The monoisotopic (exact) mass is 280 g/mol. The summed E-state index contributed by atoms with van der Waals surface area (Å²) in [6, 6.07) is 12.4. The van der Waals surface area contributed by atoms with Gasteiger partial charge in [0.1, 0.15) is 5.01 Å². The third kappa shape index (κ3) is 2.49. The van der Waals surface area contributed by atoms with Gasteiger partial charge in [-0.3, -0.25) is 4.98 Å². The Morgan fingerprint density at radius 3 is 2.60 bits per heavy atom. The maximum Gasteiger partial charge on any atom is 0.124 e. The zero-order valence-corrected chi connectivity index (χ0v) is 12.4. The molecule has 2 aromatic heterocycles. The van der Waals surface area contributed by atoms with Gasteiger partial charge in [-0.05, 0) is 17.5 Å². The predicted octanol–water partition coefficient (Wildman–Crippen LogP) is 5.00. The first-order valence-corrected chi connectivity index (χ1v) is 7.59. The van der Waals surface area contributed by atoms with E-state index in [4.69, 9.17) is 4.98 Å². The molecule has 0 spiro atoms. The molecule has 0 atom stereocenters. The molecule has 0 saturated heterocycles. The second kappa shape index (κ2) is 5.55. The van der Waals surface area contributed by atoms with Gasteiger partial charge in [-0.15, -0.1) is 11.3 Å². The van der Waals surface area contributed by atoms with E-state index >= 15 is 0 Å². The molecule has 0 fully saturated rings. The van der Waals surface area contributed by atoms with E-state index in [-0.39, 0.29) is 0 Å². The van der Waals surface area contributed by atoms with Gasteiger partial charge in [0.15, 0.2) is 0 Å². The van der Waals surface area contributed by atoms with E-state index in [9.17, 15) is 0 Å². The normalized spacial score (nSPS) is 10.9. The Labute approximate surface area is 123 Å². The molecule has 0 aliphatic carbocycles. The quantitative estimate of drug-likeness (QED) is 0.675. The Morgan fingerprint density at radius 1 is 1.05 bits per heavy atom. The molecule has 0 unspecified atom stereocenters. The van der Waals surface area contributed by atoms with Gasteiger partial charge in [-0.2, -0.15) is 0 Å². The molecule has 2 heterocycles. The second-order valence-corrected chi connectivity index (χ2v) is 5.88. The fourth-order valence-corrected chi connectivity index (χ4v) is 3.06. The molecule has 2 nitrogen and oxygen atoms in total. The number of nitrogens with zero attached hydrogens (tertiary/aromatic N) is 2. The van der Waals surface area contributed by atoms with Crippen molar-refractivity contribution in [3.05, 3.63) is 59.7 Å². The lowest BCUT2D eigenvalue weighted by Crippen LogP contribution is -1.93. The summed E-state index contributed by atoms with van der Waals surface area (Å²) in [5.74, 6) is 0.467. The second-order valence-electron chi connectivity index (χ2n) is 5.02. The van der Waals surface area contributed by atoms with E-state index in [0.717, 1.165) is 16.3 Å². The van der Waals surface area contributed by atoms with Gasteiger partial charge in [-0.1, -0.05) is 44.2 Å². The predicted molar refractivity (Wildman–Crippen MR) is 84.9 cm³/mol. The third-order valence-corrected chi connectivity index (χ3v) is 4.17. The zero-order chi connectivity index (χ0) is 13.9. The largest absolute Gasteiger partial charge is 0.264 e. The number of thiazole rings is 1. The molecule has 0 radical (unpaired) electrons. The Bertz CT molecular complexity index is 702. The minimum absolute atomic E-state index is 0.467. The van der Waals surface area contributed by atoms with E-state index in [1.807, 2.05) is 30.6 Å². The molecule has 3 rings (SSSR count). The highest BCUT2D eigenvalue weighted by Gasteiger charge is 2.12. The average molecular weight is 280 g/mol. The lowest BCUT2D eigenvalue weighted by atomic mass is 9.98. The highest BCUT2D eigenvalue weighted by molar-refractivity contribution is 7.13. The maximum atomic E-state index is 4.77. The summed E-state index contributed by atoms with van der Waals surface area (Å²) in [6.45, 7) is 4.40. The number of hydrogen-bond donors (Lipinski definition) is 0. The number of hydrogen-bond acceptors (Lipinski definition) is 3. The van der Waals surface area contributed by atoms with E-state index in [1.54, 1.807) is 11.3 Å². The van der Waals surface area contributed by atoms with Crippen molar-refractivity contribution in [3.63, 3.8) is 0 Å². The fourth-order valence-electron chi connectivity index (χ4n) is 2.23. The van der Waals surface area contributed by atoms with Crippen LogP contribution in [0.25, 0.3) is 21.8 Å². The molecule has 3 aromatic rings. The van der Waals surface area contributed by atoms with Gasteiger partial charge < -0.3 is 0 Å². The standard InChI is InChI=1S/C17H16N2S/c1-12(2)14-8-9-18-10-15(14)16-11-20-17(19-16)13-6-4-3-5-7-13/h3-12H,1-2H3. The number of rotatable bonds is 3. The van der Waals surface area contributed by atoms with Gasteiger partial charge in [0, 0.05) is 28.9 Å². The summed E-state index contributed by atoms with van der Waals surface area (Å²) < 4.78 is 0. The van der Waals surface area contributed by atoms with Crippen LogP contribution in [0.2, 0.25) is 0 Å². The molecular weight excluding hydrogens is 264 g/mol. The summed E-state index contributed by atoms with van der Waals surface area (Å²) in [7, 11) is 0. The van der Waals surface area contributed by atoms with Gasteiger partial charge >= 0.3 is 0 Å². The van der Waals surface area contributed by atoms with Crippen molar-refractivity contribution in [2.75, 3.05) is 0 Å². The van der Waals surface area contributed by atoms with E-state index in [2.05, 4.69) is 42.4 Å². The van der Waals surface area contributed by atoms with Crippen LogP contribution in [0.5, 0.6) is 0 Å². The summed E-state index contributed by atoms with van der Waals surface area (Å²) >= 11 is 1.68. The smallest absolute Gasteiger partial charge is 0.124 e. The Hall–Kier alpha value is -2.00. The Kier molecular flexibility index (Phi) is 3.61. The van der Waals surface area contributed by atoms with Crippen LogP contribution in [0.3, 0.4) is 0 Å². The third-order valence-electron chi connectivity index (χ3n) is 3.28. The van der Waals surface area contributed by atoms with Crippen LogP contribution in [0.15, 0.2) is 54.2 Å².